The summed E-state index contributed by atoms with van der Waals surface area (Å²) in [6.45, 7) is 6.00. The van der Waals surface area contributed by atoms with Gasteiger partial charge in [-0.2, -0.15) is 5.26 Å². The number of thiophene rings is 1. The molecule has 1 aromatic carbocycles. The number of nitriles is 1. The maximum Gasteiger partial charge on any atom is 0.0766 e. The van der Waals surface area contributed by atoms with Crippen molar-refractivity contribution in [2.45, 2.75) is 26.2 Å². The summed E-state index contributed by atoms with van der Waals surface area (Å²) in [5, 5.41) is 9.09. The fraction of sp³-hybridized carbons (Fsp3) is 0.267. The fourth-order valence-electron chi connectivity index (χ4n) is 1.71. The minimum absolute atomic E-state index is 0.413. The van der Waals surface area contributed by atoms with Crippen LogP contribution in [0.2, 0.25) is 0 Å². The summed E-state index contributed by atoms with van der Waals surface area (Å²) in [7, 11) is 0. The molecule has 1 heterocycles. The maximum absolute atomic E-state index is 9.09. The Hall–Kier alpha value is -1.59. The highest BCUT2D eigenvalue weighted by atomic mass is 32.1. The number of nitrogens with zero attached hydrogens (tertiary/aromatic N) is 1. The molecule has 0 aliphatic carbocycles. The molecule has 0 N–H and O–H groups in total. The molecule has 0 aliphatic rings. The lowest BCUT2D eigenvalue weighted by atomic mass is 9.86. The van der Waals surface area contributed by atoms with Crippen LogP contribution in [-0.2, 0) is 5.41 Å². The molecule has 0 aliphatic heterocycles. The second kappa shape index (κ2) is 4.35. The van der Waals surface area contributed by atoms with Gasteiger partial charge >= 0.3 is 0 Å². The quantitative estimate of drug-likeness (QED) is 0.758. The Morgan fingerprint density at radius 1 is 1.06 bits per heavy atom. The van der Waals surface area contributed by atoms with Gasteiger partial charge in [0.05, 0.1) is 11.5 Å². The molecule has 0 radical (unpaired) electrons. The van der Waals surface area contributed by atoms with Gasteiger partial charge < -0.3 is 0 Å². The van der Waals surface area contributed by atoms with Crippen LogP contribution in [-0.4, -0.2) is 0 Å². The largest absolute Gasteiger partial charge is 0.197 e. The van der Waals surface area contributed by atoms with E-state index in [1.165, 1.54) is 15.3 Å². The van der Waals surface area contributed by atoms with Crippen LogP contribution in [0.25, 0.3) is 10.4 Å². The van der Waals surface area contributed by atoms with Crippen LogP contribution >= 0.6 is 11.3 Å². The molecule has 2 rings (SSSR count). The molecular formula is C15H15NS. The maximum atomic E-state index is 9.09. The van der Waals surface area contributed by atoms with E-state index in [1.54, 1.807) is 11.3 Å². The standard InChI is InChI=1S/C15H15NS/c1-11-4-9-14(17-11)12-5-7-13(8-6-12)15(2,3)10-16/h4-9H,1-3H3. The second-order valence-electron chi connectivity index (χ2n) is 4.72. The molecule has 1 nitrogen and oxygen atoms in total. The van der Waals surface area contributed by atoms with Gasteiger partial charge in [-0.15, -0.1) is 11.3 Å². The van der Waals surface area contributed by atoms with Gasteiger partial charge in [0.15, 0.2) is 0 Å². The Kier molecular flexibility index (Phi) is 3.04. The molecule has 0 saturated carbocycles. The molecule has 0 atom stereocenters. The van der Waals surface area contributed by atoms with E-state index in [0.29, 0.717) is 0 Å². The highest BCUT2D eigenvalue weighted by molar-refractivity contribution is 7.15. The molecule has 2 heteroatoms. The topological polar surface area (TPSA) is 23.8 Å². The third kappa shape index (κ3) is 2.40. The van der Waals surface area contributed by atoms with E-state index < -0.39 is 5.41 Å². The van der Waals surface area contributed by atoms with E-state index in [4.69, 9.17) is 5.26 Å². The summed E-state index contributed by atoms with van der Waals surface area (Å²) in [5.41, 5.74) is 1.88. The number of rotatable bonds is 2. The van der Waals surface area contributed by atoms with Crippen LogP contribution in [0.15, 0.2) is 36.4 Å². The molecule has 2 aromatic rings. The van der Waals surface area contributed by atoms with Gasteiger partial charge in [0.1, 0.15) is 0 Å². The van der Waals surface area contributed by atoms with Crippen molar-refractivity contribution in [3.63, 3.8) is 0 Å². The molecule has 0 amide bonds. The molecule has 0 unspecified atom stereocenters. The number of benzene rings is 1. The highest BCUT2D eigenvalue weighted by Crippen LogP contribution is 2.30. The van der Waals surface area contributed by atoms with Gasteiger partial charge in [-0.3, -0.25) is 0 Å². The molecule has 17 heavy (non-hydrogen) atoms. The Morgan fingerprint density at radius 2 is 1.71 bits per heavy atom. The van der Waals surface area contributed by atoms with E-state index in [9.17, 15) is 0 Å². The number of hydrogen-bond donors (Lipinski definition) is 0. The van der Waals surface area contributed by atoms with Crippen molar-refractivity contribution in [3.05, 3.63) is 46.8 Å². The molecule has 0 spiro atoms. The van der Waals surface area contributed by atoms with Gasteiger partial charge in [-0.25, -0.2) is 0 Å². The monoisotopic (exact) mass is 241 g/mol. The average Bonchev–Trinajstić information content (AvgIpc) is 2.76. The first-order valence-electron chi connectivity index (χ1n) is 5.61. The summed E-state index contributed by atoms with van der Waals surface area (Å²) in [6.07, 6.45) is 0. The summed E-state index contributed by atoms with van der Waals surface area (Å²) < 4.78 is 0. The Bertz CT molecular complexity index is 555. The SMILES string of the molecule is Cc1ccc(-c2ccc(C(C)(C)C#N)cc2)s1. The minimum Gasteiger partial charge on any atom is -0.197 e. The van der Waals surface area contributed by atoms with Gasteiger partial charge in [-0.1, -0.05) is 24.3 Å². The van der Waals surface area contributed by atoms with Crippen LogP contribution in [0.3, 0.4) is 0 Å². The van der Waals surface area contributed by atoms with Crippen LogP contribution in [0.4, 0.5) is 0 Å². The lowest BCUT2D eigenvalue weighted by Gasteiger charge is -2.15. The molecule has 0 saturated heterocycles. The normalized spacial score (nSPS) is 11.2. The van der Waals surface area contributed by atoms with Gasteiger partial charge in [-0.05, 0) is 44.0 Å². The van der Waals surface area contributed by atoms with E-state index in [2.05, 4.69) is 37.3 Å². The first kappa shape index (κ1) is 11.9. The van der Waals surface area contributed by atoms with Crippen molar-refractivity contribution in [3.8, 4) is 16.5 Å². The number of hydrogen-bond acceptors (Lipinski definition) is 2. The smallest absolute Gasteiger partial charge is 0.0766 e. The Labute approximate surface area is 106 Å². The van der Waals surface area contributed by atoms with Crippen molar-refractivity contribution < 1.29 is 0 Å². The Morgan fingerprint density at radius 3 is 2.18 bits per heavy atom. The van der Waals surface area contributed by atoms with Crippen LogP contribution in [0.5, 0.6) is 0 Å². The zero-order valence-electron chi connectivity index (χ0n) is 10.3. The predicted molar refractivity (Wildman–Crippen MR) is 73.1 cm³/mol. The van der Waals surface area contributed by atoms with E-state index >= 15 is 0 Å². The highest BCUT2D eigenvalue weighted by Gasteiger charge is 2.19. The lowest BCUT2D eigenvalue weighted by molar-refractivity contribution is 0.687. The van der Waals surface area contributed by atoms with E-state index in [0.717, 1.165) is 5.56 Å². The van der Waals surface area contributed by atoms with E-state index in [-0.39, 0.29) is 0 Å². The second-order valence-corrected chi connectivity index (χ2v) is 6.01. The zero-order chi connectivity index (χ0) is 12.5. The van der Waals surface area contributed by atoms with Gasteiger partial charge in [0.25, 0.3) is 0 Å². The van der Waals surface area contributed by atoms with Crippen molar-refractivity contribution in [2.75, 3.05) is 0 Å². The number of aryl methyl sites for hydroxylation is 1. The summed E-state index contributed by atoms with van der Waals surface area (Å²) >= 11 is 1.79. The van der Waals surface area contributed by atoms with Gasteiger partial charge in [0.2, 0.25) is 0 Å². The van der Waals surface area contributed by atoms with Crippen LogP contribution in [0.1, 0.15) is 24.3 Å². The fourth-order valence-corrected chi connectivity index (χ4v) is 2.58. The third-order valence-corrected chi connectivity index (χ3v) is 3.96. The molecule has 0 fully saturated rings. The molecular weight excluding hydrogens is 226 g/mol. The minimum atomic E-state index is -0.413. The summed E-state index contributed by atoms with van der Waals surface area (Å²) in [4.78, 5) is 2.60. The predicted octanol–water partition coefficient (Wildman–Crippen LogP) is 4.52. The van der Waals surface area contributed by atoms with Crippen LogP contribution < -0.4 is 0 Å². The van der Waals surface area contributed by atoms with Crippen molar-refractivity contribution in [2.24, 2.45) is 0 Å². The third-order valence-electron chi connectivity index (χ3n) is 2.91. The Balaban J connectivity index is 2.34. The average molecular weight is 241 g/mol. The van der Waals surface area contributed by atoms with Gasteiger partial charge in [0, 0.05) is 9.75 Å². The molecule has 0 bridgehead atoms. The summed E-state index contributed by atoms with van der Waals surface area (Å²) in [5.74, 6) is 0. The van der Waals surface area contributed by atoms with Crippen molar-refractivity contribution >= 4 is 11.3 Å². The van der Waals surface area contributed by atoms with Crippen molar-refractivity contribution in [1.29, 1.82) is 5.26 Å². The van der Waals surface area contributed by atoms with E-state index in [1.807, 2.05) is 26.0 Å². The lowest BCUT2D eigenvalue weighted by Crippen LogP contribution is -2.13. The molecule has 1 aromatic heterocycles. The first-order chi connectivity index (χ1) is 8.03. The summed E-state index contributed by atoms with van der Waals surface area (Å²) in [6, 6.07) is 14.9. The molecule has 86 valence electrons. The first-order valence-corrected chi connectivity index (χ1v) is 6.43. The van der Waals surface area contributed by atoms with Crippen LogP contribution in [0, 0.1) is 18.3 Å². The van der Waals surface area contributed by atoms with Crippen molar-refractivity contribution in [1.82, 2.24) is 0 Å². The zero-order valence-corrected chi connectivity index (χ0v) is 11.1.